The fraction of sp³-hybridized carbons (Fsp3) is 0. The molecule has 0 saturated heterocycles. The van der Waals surface area contributed by atoms with Crippen molar-refractivity contribution in [2.24, 2.45) is 0 Å². The molecule has 0 bridgehead atoms. The molecular weight excluding hydrogens is 416 g/mol. The molecule has 0 unspecified atom stereocenters. The maximum atomic E-state index is 13.6. The Morgan fingerprint density at radius 1 is 0.441 bits per heavy atom. The van der Waals surface area contributed by atoms with Crippen LogP contribution in [0.2, 0.25) is 0 Å². The van der Waals surface area contributed by atoms with Gasteiger partial charge in [-0.3, -0.25) is 9.20 Å². The van der Waals surface area contributed by atoms with Crippen LogP contribution in [0.25, 0.3) is 65.5 Å². The molecule has 0 atom stereocenters. The molecule has 3 nitrogen and oxygen atoms in total. The zero-order chi connectivity index (χ0) is 22.4. The topological polar surface area (TPSA) is 26.4 Å². The summed E-state index contributed by atoms with van der Waals surface area (Å²) in [5, 5.41) is 7.53. The highest BCUT2D eigenvalue weighted by Crippen LogP contribution is 2.38. The zero-order valence-electron chi connectivity index (χ0n) is 18.2. The predicted molar refractivity (Wildman–Crippen MR) is 142 cm³/mol. The summed E-state index contributed by atoms with van der Waals surface area (Å²) in [5.74, 6) is 0. The van der Waals surface area contributed by atoms with E-state index in [-0.39, 0.29) is 5.56 Å². The molecule has 0 radical (unpaired) electrons. The Hall–Kier alpha value is -4.63. The normalized spacial score (nSPS) is 12.2. The van der Waals surface area contributed by atoms with Crippen LogP contribution in [0.4, 0.5) is 0 Å². The van der Waals surface area contributed by atoms with Gasteiger partial charge in [-0.1, -0.05) is 72.8 Å². The Bertz CT molecular complexity index is 2090. The van der Waals surface area contributed by atoms with Crippen LogP contribution in [0.15, 0.2) is 114 Å². The van der Waals surface area contributed by atoms with Crippen LogP contribution in [-0.2, 0) is 0 Å². The summed E-state index contributed by atoms with van der Waals surface area (Å²) in [7, 11) is 0. The van der Waals surface area contributed by atoms with E-state index >= 15 is 0 Å². The van der Waals surface area contributed by atoms with Gasteiger partial charge in [0.15, 0.2) is 0 Å². The van der Waals surface area contributed by atoms with Gasteiger partial charge in [0.1, 0.15) is 0 Å². The van der Waals surface area contributed by atoms with E-state index in [1.165, 1.54) is 21.8 Å². The van der Waals surface area contributed by atoms with Gasteiger partial charge in [-0.25, -0.2) is 0 Å². The van der Waals surface area contributed by atoms with Crippen LogP contribution in [-0.4, -0.2) is 8.97 Å². The lowest BCUT2D eigenvalue weighted by atomic mass is 10.0. The fourth-order valence-electron chi connectivity index (χ4n) is 5.85. The second-order valence-corrected chi connectivity index (χ2v) is 8.96. The van der Waals surface area contributed by atoms with E-state index < -0.39 is 0 Å². The molecule has 34 heavy (non-hydrogen) atoms. The number of rotatable bonds is 1. The number of hydrogen-bond donors (Lipinski definition) is 0. The van der Waals surface area contributed by atoms with Gasteiger partial charge in [0.2, 0.25) is 0 Å². The molecule has 3 heteroatoms. The zero-order valence-corrected chi connectivity index (χ0v) is 18.2. The maximum absolute atomic E-state index is 13.6. The van der Waals surface area contributed by atoms with E-state index in [4.69, 9.17) is 0 Å². The summed E-state index contributed by atoms with van der Waals surface area (Å²) in [6.45, 7) is 0. The first-order valence-electron chi connectivity index (χ1n) is 11.5. The number of aromatic nitrogens is 2. The van der Waals surface area contributed by atoms with E-state index in [9.17, 15) is 4.79 Å². The number of hydrogen-bond acceptors (Lipinski definition) is 1. The molecular formula is C31H18N2O. The molecule has 8 rings (SSSR count). The summed E-state index contributed by atoms with van der Waals surface area (Å²) < 4.78 is 4.25. The Labute approximate surface area is 194 Å². The first kappa shape index (κ1) is 17.9. The van der Waals surface area contributed by atoms with Crippen LogP contribution < -0.4 is 5.56 Å². The van der Waals surface area contributed by atoms with Gasteiger partial charge >= 0.3 is 0 Å². The fourth-order valence-corrected chi connectivity index (χ4v) is 5.85. The minimum atomic E-state index is 0.0407. The third kappa shape index (κ3) is 2.09. The van der Waals surface area contributed by atoms with Crippen LogP contribution in [0, 0.1) is 0 Å². The van der Waals surface area contributed by atoms with E-state index in [0.717, 1.165) is 43.7 Å². The van der Waals surface area contributed by atoms with Crippen LogP contribution in [0.5, 0.6) is 0 Å². The third-order valence-electron chi connectivity index (χ3n) is 7.24. The van der Waals surface area contributed by atoms with Gasteiger partial charge in [0.25, 0.3) is 5.56 Å². The maximum Gasteiger partial charge on any atom is 0.263 e. The molecule has 3 heterocycles. The Morgan fingerprint density at radius 3 is 1.50 bits per heavy atom. The highest BCUT2D eigenvalue weighted by Gasteiger charge is 2.19. The largest absolute Gasteiger partial charge is 0.309 e. The van der Waals surface area contributed by atoms with Crippen molar-refractivity contribution in [1.29, 1.82) is 0 Å². The second kappa shape index (κ2) is 6.24. The van der Waals surface area contributed by atoms with Crippen molar-refractivity contribution >= 4 is 59.8 Å². The minimum Gasteiger partial charge on any atom is -0.309 e. The molecule has 0 aliphatic heterocycles. The average molecular weight is 434 g/mol. The van der Waals surface area contributed by atoms with Gasteiger partial charge in [0.05, 0.1) is 22.1 Å². The smallest absolute Gasteiger partial charge is 0.263 e. The Balaban J connectivity index is 1.67. The van der Waals surface area contributed by atoms with Crippen molar-refractivity contribution in [2.75, 3.05) is 0 Å². The summed E-state index contributed by atoms with van der Waals surface area (Å²) >= 11 is 0. The lowest BCUT2D eigenvalue weighted by Gasteiger charge is -2.12. The minimum absolute atomic E-state index is 0.0407. The summed E-state index contributed by atoms with van der Waals surface area (Å²) in [5.41, 5.74) is 5.45. The molecule has 3 aromatic heterocycles. The quantitative estimate of drug-likeness (QED) is 0.249. The van der Waals surface area contributed by atoms with E-state index in [0.29, 0.717) is 0 Å². The molecule has 0 aliphatic carbocycles. The van der Waals surface area contributed by atoms with Gasteiger partial charge in [-0.2, -0.15) is 0 Å². The molecule has 0 amide bonds. The second-order valence-electron chi connectivity index (χ2n) is 8.96. The lowest BCUT2D eigenvalue weighted by molar-refractivity contribution is 1.18. The van der Waals surface area contributed by atoms with Gasteiger partial charge < -0.3 is 4.57 Å². The number of pyridine rings is 1. The van der Waals surface area contributed by atoms with Gasteiger partial charge in [-0.15, -0.1) is 0 Å². The first-order valence-corrected chi connectivity index (χ1v) is 11.5. The molecule has 0 N–H and O–H groups in total. The Morgan fingerprint density at radius 2 is 0.882 bits per heavy atom. The summed E-state index contributed by atoms with van der Waals surface area (Å²) in [6, 6.07) is 37.8. The van der Waals surface area contributed by atoms with Crippen LogP contribution in [0.3, 0.4) is 0 Å². The summed E-state index contributed by atoms with van der Waals surface area (Å²) in [6.07, 6.45) is 0. The van der Waals surface area contributed by atoms with Crippen molar-refractivity contribution in [3.63, 3.8) is 0 Å². The molecule has 0 saturated carbocycles. The average Bonchev–Trinajstić information content (AvgIpc) is 3.41. The van der Waals surface area contributed by atoms with Crippen molar-refractivity contribution in [1.82, 2.24) is 8.97 Å². The predicted octanol–water partition coefficient (Wildman–Crippen LogP) is 7.29. The Kier molecular flexibility index (Phi) is 3.28. The third-order valence-corrected chi connectivity index (χ3v) is 7.24. The number of fused-ring (bicyclic) bond motifs is 8. The molecule has 0 aliphatic rings. The van der Waals surface area contributed by atoms with Gasteiger partial charge in [-0.05, 0) is 41.8 Å². The van der Waals surface area contributed by atoms with Crippen molar-refractivity contribution < 1.29 is 0 Å². The number of benzene rings is 5. The standard InChI is InChI=1S/C31H18N2O/c34-31-24-13-2-1-9-20(24)25-17-19(18-26-23-12-5-8-16-29(23)33(31)30(25)26)32-27-14-6-3-10-21(27)22-11-4-7-15-28(22)32/h1-18H. The summed E-state index contributed by atoms with van der Waals surface area (Å²) in [4.78, 5) is 13.6. The highest BCUT2D eigenvalue weighted by atomic mass is 16.1. The lowest BCUT2D eigenvalue weighted by Crippen LogP contribution is -2.12. The molecule has 8 aromatic rings. The molecule has 158 valence electrons. The van der Waals surface area contributed by atoms with Gasteiger partial charge in [0, 0.05) is 38.0 Å². The van der Waals surface area contributed by atoms with Crippen LogP contribution in [0.1, 0.15) is 0 Å². The van der Waals surface area contributed by atoms with Crippen molar-refractivity contribution in [3.8, 4) is 5.69 Å². The van der Waals surface area contributed by atoms with Crippen molar-refractivity contribution in [2.45, 2.75) is 0 Å². The van der Waals surface area contributed by atoms with E-state index in [1.807, 2.05) is 34.7 Å². The van der Waals surface area contributed by atoms with Crippen molar-refractivity contribution in [3.05, 3.63) is 120 Å². The van der Waals surface area contributed by atoms with Crippen LogP contribution >= 0.6 is 0 Å². The highest BCUT2D eigenvalue weighted by molar-refractivity contribution is 6.21. The molecule has 0 fully saturated rings. The molecule has 0 spiro atoms. The number of para-hydroxylation sites is 3. The first-order chi connectivity index (χ1) is 16.8. The van der Waals surface area contributed by atoms with E-state index in [2.05, 4.69) is 83.4 Å². The monoisotopic (exact) mass is 434 g/mol. The van der Waals surface area contributed by atoms with E-state index in [1.54, 1.807) is 0 Å². The number of nitrogens with zero attached hydrogens (tertiary/aromatic N) is 2. The molecule has 5 aromatic carbocycles. The SMILES string of the molecule is O=c1c2ccccc2c2cc(-n3c4ccccc4c4ccccc43)cc3c4ccccc4n1c23.